The summed E-state index contributed by atoms with van der Waals surface area (Å²) in [6, 6.07) is 11.3. The summed E-state index contributed by atoms with van der Waals surface area (Å²) in [6.07, 6.45) is 1.52. The lowest BCUT2D eigenvalue weighted by molar-refractivity contribution is -0.112. The number of nitrogens with one attached hydrogen (secondary N) is 1. The second kappa shape index (κ2) is 6.50. The molecule has 0 radical (unpaired) electrons. The Morgan fingerprint density at radius 3 is 2.60 bits per heavy atom. The van der Waals surface area contributed by atoms with E-state index in [4.69, 9.17) is 10.7 Å². The summed E-state index contributed by atoms with van der Waals surface area (Å²) in [4.78, 5) is 21.4. The summed E-state index contributed by atoms with van der Waals surface area (Å²) in [5, 5.41) is 2.56. The zero-order valence-corrected chi connectivity index (χ0v) is 13.9. The highest BCUT2D eigenvalue weighted by molar-refractivity contribution is 7.91. The van der Waals surface area contributed by atoms with Crippen LogP contribution in [0.4, 0.5) is 5.82 Å². The Balaban J connectivity index is 2.01. The molecule has 8 heteroatoms. The van der Waals surface area contributed by atoms with E-state index >= 15 is 0 Å². The number of amides is 1. The van der Waals surface area contributed by atoms with Crippen LogP contribution in [0.3, 0.4) is 0 Å². The van der Waals surface area contributed by atoms with E-state index in [9.17, 15) is 13.2 Å². The van der Waals surface area contributed by atoms with Crippen LogP contribution in [0.25, 0.3) is 5.76 Å². The van der Waals surface area contributed by atoms with Gasteiger partial charge in [-0.1, -0.05) is 24.8 Å². The minimum absolute atomic E-state index is 0.0517. The Hall–Kier alpha value is -2.97. The van der Waals surface area contributed by atoms with Crippen LogP contribution in [0.2, 0.25) is 0 Å². The molecule has 1 amide bonds. The van der Waals surface area contributed by atoms with Gasteiger partial charge >= 0.3 is 0 Å². The molecule has 1 aromatic heterocycles. The summed E-state index contributed by atoms with van der Waals surface area (Å²) < 4.78 is 25.0. The molecule has 0 bridgehead atoms. The first-order chi connectivity index (χ1) is 11.9. The number of hydrogen-bond donors (Lipinski definition) is 2. The maximum atomic E-state index is 12.5. The summed E-state index contributed by atoms with van der Waals surface area (Å²) in [7, 11) is -3.64. The molecule has 0 aliphatic carbocycles. The number of sulfone groups is 1. The van der Waals surface area contributed by atoms with Crippen molar-refractivity contribution in [2.45, 2.75) is 4.90 Å². The van der Waals surface area contributed by atoms with Gasteiger partial charge in [0.05, 0.1) is 10.6 Å². The van der Waals surface area contributed by atoms with E-state index in [1.807, 2.05) is 0 Å². The highest BCUT2D eigenvalue weighted by Crippen LogP contribution is 2.35. The van der Waals surface area contributed by atoms with Crippen molar-refractivity contribution < 1.29 is 18.0 Å². The largest absolute Gasteiger partial charge is 0.410 e. The zero-order valence-electron chi connectivity index (χ0n) is 13.1. The number of aromatic nitrogens is 1. The Labute approximate surface area is 144 Å². The SMILES string of the molecule is C=C(C(=O)Nc1ccccn1)C1=C(ON)c2ccccc2S(=O)(=O)C1. The fourth-order valence-electron chi connectivity index (χ4n) is 2.55. The maximum Gasteiger partial charge on any atom is 0.256 e. The lowest BCUT2D eigenvalue weighted by atomic mass is 10.0. The molecule has 1 aliphatic heterocycles. The standard InChI is InChI=1S/C17H15N3O4S/c1-11(17(21)20-15-8-4-5-9-19-15)13-10-25(22,23)14-7-3-2-6-12(14)16(13)24-18/h2-9H,1,10,18H2,(H,19,20,21). The predicted octanol–water partition coefficient (Wildman–Crippen LogP) is 1.67. The van der Waals surface area contributed by atoms with Crippen molar-refractivity contribution in [3.63, 3.8) is 0 Å². The van der Waals surface area contributed by atoms with Gasteiger partial charge in [0.1, 0.15) is 5.82 Å². The summed E-state index contributed by atoms with van der Waals surface area (Å²) >= 11 is 0. The summed E-state index contributed by atoms with van der Waals surface area (Å²) in [6.45, 7) is 3.71. The number of carbonyl (C=O) groups excluding carboxylic acids is 1. The number of pyridine rings is 1. The van der Waals surface area contributed by atoms with Crippen LogP contribution >= 0.6 is 0 Å². The van der Waals surface area contributed by atoms with Gasteiger partial charge in [0.2, 0.25) is 0 Å². The molecule has 7 nitrogen and oxygen atoms in total. The third-order valence-electron chi connectivity index (χ3n) is 3.74. The molecule has 3 N–H and O–H groups in total. The Kier molecular flexibility index (Phi) is 4.39. The van der Waals surface area contributed by atoms with Crippen molar-refractivity contribution >= 4 is 27.3 Å². The zero-order chi connectivity index (χ0) is 18.0. The minimum atomic E-state index is -3.64. The Morgan fingerprint density at radius 2 is 1.92 bits per heavy atom. The first-order valence-electron chi connectivity index (χ1n) is 7.28. The van der Waals surface area contributed by atoms with Crippen molar-refractivity contribution in [2.75, 3.05) is 11.1 Å². The number of fused-ring (bicyclic) bond motifs is 1. The first kappa shape index (κ1) is 16.9. The number of hydrogen-bond acceptors (Lipinski definition) is 6. The maximum absolute atomic E-state index is 12.5. The van der Waals surface area contributed by atoms with Gasteiger partial charge < -0.3 is 10.2 Å². The summed E-state index contributed by atoms with van der Waals surface area (Å²) in [5.74, 6) is 4.78. The lowest BCUT2D eigenvalue weighted by Crippen LogP contribution is -2.25. The smallest absolute Gasteiger partial charge is 0.256 e. The van der Waals surface area contributed by atoms with E-state index in [1.165, 1.54) is 12.3 Å². The van der Waals surface area contributed by atoms with Crippen LogP contribution < -0.4 is 11.2 Å². The van der Waals surface area contributed by atoms with Crippen LogP contribution in [0, 0.1) is 0 Å². The Morgan fingerprint density at radius 1 is 1.20 bits per heavy atom. The molecule has 0 spiro atoms. The number of benzene rings is 1. The summed E-state index contributed by atoms with van der Waals surface area (Å²) in [5.41, 5.74) is 0.372. The molecule has 1 aromatic carbocycles. The fraction of sp³-hybridized carbons (Fsp3) is 0.0588. The average Bonchev–Trinajstić information content (AvgIpc) is 2.61. The van der Waals surface area contributed by atoms with E-state index < -0.39 is 21.5 Å². The number of nitrogens with two attached hydrogens (primary N) is 1. The second-order valence-electron chi connectivity index (χ2n) is 5.33. The van der Waals surface area contributed by atoms with Gasteiger partial charge in [-0.15, -0.1) is 0 Å². The van der Waals surface area contributed by atoms with Gasteiger partial charge in [-0.05, 0) is 24.3 Å². The fourth-order valence-corrected chi connectivity index (χ4v) is 4.17. The third-order valence-corrected chi connectivity index (χ3v) is 5.43. The van der Waals surface area contributed by atoms with Crippen LogP contribution in [0.1, 0.15) is 5.56 Å². The van der Waals surface area contributed by atoms with Crippen LogP contribution in [0.15, 0.2) is 71.3 Å². The van der Waals surface area contributed by atoms with Crippen molar-refractivity contribution in [1.29, 1.82) is 0 Å². The molecule has 0 saturated heterocycles. The molecule has 2 heterocycles. The van der Waals surface area contributed by atoms with E-state index in [-0.39, 0.29) is 21.8 Å². The highest BCUT2D eigenvalue weighted by Gasteiger charge is 2.33. The van der Waals surface area contributed by atoms with Gasteiger partial charge in [-0.3, -0.25) is 4.79 Å². The molecular weight excluding hydrogens is 342 g/mol. The number of rotatable bonds is 4. The topological polar surface area (TPSA) is 111 Å². The third kappa shape index (κ3) is 3.17. The highest BCUT2D eigenvalue weighted by atomic mass is 32.2. The molecule has 0 fully saturated rings. The molecule has 0 saturated carbocycles. The van der Waals surface area contributed by atoms with Crippen molar-refractivity contribution in [1.82, 2.24) is 4.98 Å². The monoisotopic (exact) mass is 357 g/mol. The molecule has 25 heavy (non-hydrogen) atoms. The molecule has 0 unspecified atom stereocenters. The normalized spacial score (nSPS) is 15.2. The predicted molar refractivity (Wildman–Crippen MR) is 92.7 cm³/mol. The first-order valence-corrected chi connectivity index (χ1v) is 8.93. The molecule has 0 atom stereocenters. The Bertz CT molecular complexity index is 982. The van der Waals surface area contributed by atoms with Crippen molar-refractivity contribution in [3.8, 4) is 0 Å². The van der Waals surface area contributed by atoms with E-state index in [2.05, 4.69) is 16.9 Å². The van der Waals surface area contributed by atoms with Crippen molar-refractivity contribution in [2.24, 2.45) is 5.90 Å². The molecule has 1 aliphatic rings. The molecular formula is C17H15N3O4S. The minimum Gasteiger partial charge on any atom is -0.410 e. The van der Waals surface area contributed by atoms with Gasteiger partial charge in [0, 0.05) is 22.9 Å². The quantitative estimate of drug-likeness (QED) is 0.636. The van der Waals surface area contributed by atoms with Crippen LogP contribution in [-0.2, 0) is 19.5 Å². The van der Waals surface area contributed by atoms with Crippen LogP contribution in [0.5, 0.6) is 0 Å². The number of carbonyl (C=O) groups is 1. The van der Waals surface area contributed by atoms with E-state index in [1.54, 1.807) is 36.4 Å². The molecule has 2 aromatic rings. The molecule has 3 rings (SSSR count). The van der Waals surface area contributed by atoms with E-state index in [0.717, 1.165) is 0 Å². The number of nitrogens with zero attached hydrogens (tertiary/aromatic N) is 1. The van der Waals surface area contributed by atoms with Gasteiger partial charge in [0.25, 0.3) is 5.91 Å². The van der Waals surface area contributed by atoms with Gasteiger partial charge in [0.15, 0.2) is 15.6 Å². The molecule has 128 valence electrons. The second-order valence-corrected chi connectivity index (χ2v) is 7.29. The van der Waals surface area contributed by atoms with Crippen LogP contribution in [-0.4, -0.2) is 25.1 Å². The lowest BCUT2D eigenvalue weighted by Gasteiger charge is -2.22. The van der Waals surface area contributed by atoms with Crippen molar-refractivity contribution in [3.05, 3.63) is 72.0 Å². The van der Waals surface area contributed by atoms with Gasteiger partial charge in [-0.25, -0.2) is 13.4 Å². The van der Waals surface area contributed by atoms with E-state index in [0.29, 0.717) is 11.4 Å². The number of anilines is 1. The van der Waals surface area contributed by atoms with Gasteiger partial charge in [-0.2, -0.15) is 5.90 Å². The average molecular weight is 357 g/mol.